The minimum absolute atomic E-state index is 0.00239. The van der Waals surface area contributed by atoms with Gasteiger partial charge in [-0.1, -0.05) is 47.1 Å². The van der Waals surface area contributed by atoms with Crippen LogP contribution in [0.5, 0.6) is 0 Å². The minimum Gasteiger partial charge on any atom is -0.324 e. The Kier molecular flexibility index (Phi) is 7.04. The Hall–Kier alpha value is -2.53. The summed E-state index contributed by atoms with van der Waals surface area (Å²) in [6.45, 7) is 1.07. The quantitative estimate of drug-likeness (QED) is 0.361. The van der Waals surface area contributed by atoms with Crippen LogP contribution in [0.2, 0.25) is 10.0 Å². The van der Waals surface area contributed by atoms with Crippen molar-refractivity contribution in [2.24, 2.45) is 0 Å². The number of anilines is 3. The number of hydrogen-bond donors (Lipinski definition) is 1. The first-order valence-electron chi connectivity index (χ1n) is 11.1. The number of alkyl halides is 3. The maximum Gasteiger partial charge on any atom is 0.390 e. The number of benzene rings is 2. The zero-order valence-electron chi connectivity index (χ0n) is 18.8. The van der Waals surface area contributed by atoms with E-state index in [1.165, 1.54) is 22.9 Å². The van der Waals surface area contributed by atoms with Gasteiger partial charge in [0.1, 0.15) is 5.03 Å². The summed E-state index contributed by atoms with van der Waals surface area (Å²) in [5.74, 6) is 0.366. The molecule has 0 spiro atoms. The van der Waals surface area contributed by atoms with Crippen LogP contribution in [0.25, 0.3) is 0 Å². The van der Waals surface area contributed by atoms with Gasteiger partial charge < -0.3 is 5.32 Å². The molecule has 0 fully saturated rings. The summed E-state index contributed by atoms with van der Waals surface area (Å²) in [5.41, 5.74) is 3.68. The molecule has 0 radical (unpaired) electrons. The summed E-state index contributed by atoms with van der Waals surface area (Å²) >= 11 is 14.0. The van der Waals surface area contributed by atoms with Crippen LogP contribution in [0.15, 0.2) is 47.6 Å². The lowest BCUT2D eigenvalue weighted by molar-refractivity contribution is -0.138. The average Bonchev–Trinajstić information content (AvgIpc) is 2.83. The van der Waals surface area contributed by atoms with Crippen molar-refractivity contribution in [1.82, 2.24) is 14.9 Å². The standard InChI is InChI=1S/C24H20Cl2F3N5OS/c25-18-2-1-3-19(26)20(18)34-13-36-21-17(22(34)35)11-30-23(32-21)31-16-5-4-15-12-33(8-6-14(15)10-16)9-7-24(27,28)29/h1-5,10-11H,6-9,12-13H2,(H,30,31,32). The van der Waals surface area contributed by atoms with E-state index in [1.54, 1.807) is 18.2 Å². The second-order valence-corrected chi connectivity index (χ2v) is 10.2. The Labute approximate surface area is 219 Å². The molecule has 1 amide bonds. The molecule has 3 aromatic rings. The van der Waals surface area contributed by atoms with Gasteiger partial charge in [0.2, 0.25) is 5.95 Å². The fourth-order valence-corrected chi connectivity index (χ4v) is 5.77. The van der Waals surface area contributed by atoms with E-state index in [0.717, 1.165) is 16.8 Å². The first kappa shape index (κ1) is 25.1. The Morgan fingerprint density at radius 2 is 1.89 bits per heavy atom. The molecular formula is C24H20Cl2F3N5OS. The third-order valence-corrected chi connectivity index (χ3v) is 7.61. The summed E-state index contributed by atoms with van der Waals surface area (Å²) in [6.07, 6.45) is -2.81. The van der Waals surface area contributed by atoms with Gasteiger partial charge >= 0.3 is 6.18 Å². The zero-order chi connectivity index (χ0) is 25.4. The van der Waals surface area contributed by atoms with Crippen molar-refractivity contribution in [3.05, 3.63) is 69.3 Å². The molecule has 0 unspecified atom stereocenters. The molecular weight excluding hydrogens is 534 g/mol. The molecule has 0 saturated carbocycles. The highest BCUT2D eigenvalue weighted by Crippen LogP contribution is 2.39. The van der Waals surface area contributed by atoms with Crippen LogP contribution in [0.1, 0.15) is 27.9 Å². The van der Waals surface area contributed by atoms with E-state index >= 15 is 0 Å². The van der Waals surface area contributed by atoms with Gasteiger partial charge in [-0.2, -0.15) is 13.2 Å². The third-order valence-electron chi connectivity index (χ3n) is 6.03. The van der Waals surface area contributed by atoms with E-state index in [9.17, 15) is 18.0 Å². The van der Waals surface area contributed by atoms with Gasteiger partial charge in [0, 0.05) is 31.5 Å². The van der Waals surface area contributed by atoms with Crippen molar-refractivity contribution in [1.29, 1.82) is 0 Å². The molecule has 0 aliphatic carbocycles. The number of nitrogens with one attached hydrogen (secondary N) is 1. The maximum absolute atomic E-state index is 13.1. The predicted molar refractivity (Wildman–Crippen MR) is 135 cm³/mol. The van der Waals surface area contributed by atoms with Gasteiger partial charge in [-0.3, -0.25) is 14.6 Å². The van der Waals surface area contributed by atoms with Gasteiger partial charge in [0.05, 0.1) is 33.6 Å². The molecule has 0 atom stereocenters. The molecule has 2 aromatic carbocycles. The summed E-state index contributed by atoms with van der Waals surface area (Å²) in [4.78, 5) is 25.3. The van der Waals surface area contributed by atoms with Crippen molar-refractivity contribution < 1.29 is 18.0 Å². The highest BCUT2D eigenvalue weighted by Gasteiger charge is 2.31. The SMILES string of the molecule is O=C1c2cnc(Nc3ccc4c(c3)CCN(CCC(F)(F)F)C4)nc2SCN1c1c(Cl)cccc1Cl. The number of halogens is 5. The van der Waals surface area contributed by atoms with Crippen LogP contribution in [0, 0.1) is 0 Å². The topological polar surface area (TPSA) is 61.4 Å². The number of carbonyl (C=O) groups is 1. The second-order valence-electron chi connectivity index (χ2n) is 8.49. The summed E-state index contributed by atoms with van der Waals surface area (Å²) in [5, 5.41) is 4.49. The number of carbonyl (C=O) groups excluding carboxylic acids is 1. The molecule has 36 heavy (non-hydrogen) atoms. The monoisotopic (exact) mass is 553 g/mol. The van der Waals surface area contributed by atoms with Crippen LogP contribution < -0.4 is 10.2 Å². The lowest BCUT2D eigenvalue weighted by Crippen LogP contribution is -2.35. The van der Waals surface area contributed by atoms with Gasteiger partial charge in [-0.25, -0.2) is 9.97 Å². The smallest absolute Gasteiger partial charge is 0.324 e. The summed E-state index contributed by atoms with van der Waals surface area (Å²) in [6, 6.07) is 10.8. The van der Waals surface area contributed by atoms with E-state index in [2.05, 4.69) is 15.3 Å². The van der Waals surface area contributed by atoms with Crippen molar-refractivity contribution in [2.75, 3.05) is 29.2 Å². The average molecular weight is 554 g/mol. The molecule has 0 bridgehead atoms. The number of para-hydroxylation sites is 1. The molecule has 2 aliphatic rings. The molecule has 188 valence electrons. The number of thioether (sulfide) groups is 1. The first-order valence-corrected chi connectivity index (χ1v) is 12.9. The number of fused-ring (bicyclic) bond motifs is 2. The minimum atomic E-state index is -4.15. The Morgan fingerprint density at radius 3 is 2.64 bits per heavy atom. The van der Waals surface area contributed by atoms with Crippen molar-refractivity contribution >= 4 is 58.2 Å². The van der Waals surface area contributed by atoms with Crippen LogP contribution >= 0.6 is 35.0 Å². The zero-order valence-corrected chi connectivity index (χ0v) is 21.1. The molecule has 3 heterocycles. The largest absolute Gasteiger partial charge is 0.390 e. The van der Waals surface area contributed by atoms with Crippen LogP contribution in [0.3, 0.4) is 0 Å². The first-order chi connectivity index (χ1) is 17.2. The van der Waals surface area contributed by atoms with Crippen LogP contribution in [-0.2, 0) is 13.0 Å². The fraction of sp³-hybridized carbons (Fsp3) is 0.292. The Morgan fingerprint density at radius 1 is 1.11 bits per heavy atom. The van der Waals surface area contributed by atoms with Crippen LogP contribution in [0.4, 0.5) is 30.5 Å². The predicted octanol–water partition coefficient (Wildman–Crippen LogP) is 6.55. The molecule has 5 rings (SSSR count). The van der Waals surface area contributed by atoms with E-state index in [4.69, 9.17) is 23.2 Å². The van der Waals surface area contributed by atoms with Crippen molar-refractivity contribution in [2.45, 2.75) is 30.6 Å². The molecule has 12 heteroatoms. The lowest BCUT2D eigenvalue weighted by Gasteiger charge is -2.29. The summed E-state index contributed by atoms with van der Waals surface area (Å²) < 4.78 is 37.6. The molecule has 6 nitrogen and oxygen atoms in total. The van der Waals surface area contributed by atoms with E-state index < -0.39 is 12.6 Å². The van der Waals surface area contributed by atoms with E-state index in [1.807, 2.05) is 23.1 Å². The van der Waals surface area contributed by atoms with Crippen molar-refractivity contribution in [3.63, 3.8) is 0 Å². The van der Waals surface area contributed by atoms with Crippen molar-refractivity contribution in [3.8, 4) is 0 Å². The van der Waals surface area contributed by atoms with E-state index in [-0.39, 0.29) is 12.5 Å². The third kappa shape index (κ3) is 5.41. The number of amides is 1. The Balaban J connectivity index is 1.28. The second kappa shape index (κ2) is 10.1. The van der Waals surface area contributed by atoms with Gasteiger partial charge in [0.25, 0.3) is 5.91 Å². The number of nitrogens with zero attached hydrogens (tertiary/aromatic N) is 4. The Bertz CT molecular complexity index is 1300. The highest BCUT2D eigenvalue weighted by atomic mass is 35.5. The van der Waals surface area contributed by atoms with Gasteiger partial charge in [0.15, 0.2) is 0 Å². The molecule has 2 aliphatic heterocycles. The van der Waals surface area contributed by atoms with Gasteiger partial charge in [-0.15, -0.1) is 0 Å². The molecule has 1 aromatic heterocycles. The number of hydrogen-bond acceptors (Lipinski definition) is 6. The van der Waals surface area contributed by atoms with Gasteiger partial charge in [-0.05, 0) is 41.8 Å². The fourth-order valence-electron chi connectivity index (χ4n) is 4.22. The molecule has 1 N–H and O–H groups in total. The maximum atomic E-state index is 13.1. The number of aromatic nitrogens is 2. The van der Waals surface area contributed by atoms with E-state index in [0.29, 0.717) is 57.7 Å². The lowest BCUT2D eigenvalue weighted by atomic mass is 9.99. The normalized spacial score (nSPS) is 16.0. The van der Waals surface area contributed by atoms with Crippen LogP contribution in [-0.4, -0.2) is 45.9 Å². The highest BCUT2D eigenvalue weighted by molar-refractivity contribution is 7.99. The summed E-state index contributed by atoms with van der Waals surface area (Å²) in [7, 11) is 0. The molecule has 0 saturated heterocycles. The number of rotatable bonds is 5.